The maximum absolute atomic E-state index is 10.8. The summed E-state index contributed by atoms with van der Waals surface area (Å²) in [6.45, 7) is 1.01. The Morgan fingerprint density at radius 1 is 1.35 bits per heavy atom. The van der Waals surface area contributed by atoms with Crippen molar-refractivity contribution in [3.63, 3.8) is 0 Å². The van der Waals surface area contributed by atoms with Gasteiger partial charge in [-0.2, -0.15) is 0 Å². The fourth-order valence-corrected chi connectivity index (χ4v) is 3.34. The van der Waals surface area contributed by atoms with Gasteiger partial charge in [0.25, 0.3) is 0 Å². The van der Waals surface area contributed by atoms with Gasteiger partial charge in [-0.25, -0.2) is 9.97 Å². The van der Waals surface area contributed by atoms with E-state index in [4.69, 9.17) is 10.5 Å². The third-order valence-corrected chi connectivity index (χ3v) is 4.70. The number of hydrogen-bond acceptors (Lipinski definition) is 9. The van der Waals surface area contributed by atoms with Crippen molar-refractivity contribution in [3.8, 4) is 11.3 Å². The van der Waals surface area contributed by atoms with Gasteiger partial charge >= 0.3 is 0 Å². The molecule has 0 aliphatic carbocycles. The number of hydrogen-bond donors (Lipinski definition) is 4. The second-order valence-corrected chi connectivity index (χ2v) is 6.57. The zero-order valence-electron chi connectivity index (χ0n) is 14.2. The molecule has 0 bridgehead atoms. The molecule has 1 fully saturated rings. The van der Waals surface area contributed by atoms with E-state index in [1.165, 1.54) is 13.3 Å². The molecule has 1 aliphatic heterocycles. The number of ether oxygens (including phenoxy) is 1. The van der Waals surface area contributed by atoms with E-state index in [-0.39, 0.29) is 5.82 Å². The number of aromatic nitrogens is 6. The smallest absolute Gasteiger partial charge is 0.167 e. The standard InChI is InChI=1S/C15H19N7O4/c1-15(25)11(24)9(5-23)26-14(15)22-3-7(8-4-21(2)20-19-8)10-12(16)17-6-18-13(10)22/h3-4,6,9,11,14,23-25H,5H2,1-2H3,(H2,16,17,18)/t9?,11-,14-,15-/m1/s1. The van der Waals surface area contributed by atoms with E-state index < -0.39 is 30.6 Å². The molecule has 0 aromatic carbocycles. The summed E-state index contributed by atoms with van der Waals surface area (Å²) >= 11 is 0. The third-order valence-electron chi connectivity index (χ3n) is 4.70. The number of aliphatic hydroxyl groups is 3. The maximum Gasteiger partial charge on any atom is 0.167 e. The molecule has 26 heavy (non-hydrogen) atoms. The molecule has 138 valence electrons. The number of nitrogen functional groups attached to an aromatic ring is 1. The van der Waals surface area contributed by atoms with Gasteiger partial charge in [0, 0.05) is 18.8 Å². The summed E-state index contributed by atoms with van der Waals surface area (Å²) in [6.07, 6.45) is 1.51. The summed E-state index contributed by atoms with van der Waals surface area (Å²) < 4.78 is 8.81. The highest BCUT2D eigenvalue weighted by atomic mass is 16.6. The predicted octanol–water partition coefficient (Wildman–Crippen LogP) is -1.19. The summed E-state index contributed by atoms with van der Waals surface area (Å²) in [6, 6.07) is 0. The SMILES string of the molecule is Cn1cc(-c2cn([C@@H]3OC(CO)[C@@H](O)[C@@]3(C)O)c3ncnc(N)c23)nn1. The van der Waals surface area contributed by atoms with Gasteiger partial charge in [-0.15, -0.1) is 5.10 Å². The number of aryl methyl sites for hydroxylation is 1. The van der Waals surface area contributed by atoms with Crippen LogP contribution in [0.2, 0.25) is 0 Å². The van der Waals surface area contributed by atoms with Crippen molar-refractivity contribution in [2.24, 2.45) is 7.05 Å². The van der Waals surface area contributed by atoms with Crippen molar-refractivity contribution < 1.29 is 20.1 Å². The lowest BCUT2D eigenvalue weighted by Gasteiger charge is -2.27. The quantitative estimate of drug-likeness (QED) is 0.450. The van der Waals surface area contributed by atoms with Crippen LogP contribution < -0.4 is 5.73 Å². The predicted molar refractivity (Wildman–Crippen MR) is 89.6 cm³/mol. The number of nitrogens with two attached hydrogens (primary N) is 1. The number of rotatable bonds is 3. The zero-order chi connectivity index (χ0) is 18.6. The second-order valence-electron chi connectivity index (χ2n) is 6.57. The average Bonchev–Trinajstić information content (AvgIpc) is 3.25. The van der Waals surface area contributed by atoms with E-state index in [1.54, 1.807) is 28.7 Å². The van der Waals surface area contributed by atoms with Crippen molar-refractivity contribution in [2.75, 3.05) is 12.3 Å². The van der Waals surface area contributed by atoms with E-state index >= 15 is 0 Å². The van der Waals surface area contributed by atoms with Crippen LogP contribution in [0.3, 0.4) is 0 Å². The Bertz CT molecular complexity index is 966. The van der Waals surface area contributed by atoms with Gasteiger partial charge in [-0.05, 0) is 6.92 Å². The fourth-order valence-electron chi connectivity index (χ4n) is 3.34. The monoisotopic (exact) mass is 361 g/mol. The van der Waals surface area contributed by atoms with E-state index in [1.807, 2.05) is 0 Å². The van der Waals surface area contributed by atoms with Gasteiger partial charge in [0.05, 0.1) is 18.2 Å². The Balaban J connectivity index is 1.93. The second kappa shape index (κ2) is 5.71. The van der Waals surface area contributed by atoms with E-state index in [2.05, 4.69) is 20.3 Å². The topological polar surface area (TPSA) is 157 Å². The fraction of sp³-hybridized carbons (Fsp3) is 0.467. The first-order valence-electron chi connectivity index (χ1n) is 7.99. The first kappa shape index (κ1) is 16.8. The molecular formula is C15H19N7O4. The summed E-state index contributed by atoms with van der Waals surface area (Å²) in [4.78, 5) is 8.29. The molecule has 4 rings (SSSR count). The summed E-state index contributed by atoms with van der Waals surface area (Å²) in [5.74, 6) is 0.242. The molecule has 0 amide bonds. The zero-order valence-corrected chi connectivity index (χ0v) is 14.2. The minimum atomic E-state index is -1.65. The molecule has 11 heteroatoms. The molecule has 1 unspecified atom stereocenters. The van der Waals surface area contributed by atoms with E-state index in [0.29, 0.717) is 22.3 Å². The highest BCUT2D eigenvalue weighted by Crippen LogP contribution is 2.42. The van der Waals surface area contributed by atoms with Gasteiger partial charge in [0.2, 0.25) is 0 Å². The molecule has 0 spiro atoms. The van der Waals surface area contributed by atoms with Crippen LogP contribution in [-0.2, 0) is 11.8 Å². The maximum atomic E-state index is 10.8. The van der Waals surface area contributed by atoms with Gasteiger partial charge < -0.3 is 30.4 Å². The normalized spacial score (nSPS) is 28.9. The number of aliphatic hydroxyl groups excluding tert-OH is 2. The molecule has 0 radical (unpaired) electrons. The van der Waals surface area contributed by atoms with Crippen LogP contribution in [0.15, 0.2) is 18.7 Å². The van der Waals surface area contributed by atoms with Crippen LogP contribution in [0.5, 0.6) is 0 Å². The summed E-state index contributed by atoms with van der Waals surface area (Å²) in [5, 5.41) is 39.0. The highest BCUT2D eigenvalue weighted by Gasteiger charge is 2.53. The Morgan fingerprint density at radius 3 is 2.73 bits per heavy atom. The molecule has 3 aromatic rings. The van der Waals surface area contributed by atoms with Crippen LogP contribution in [0.1, 0.15) is 13.2 Å². The van der Waals surface area contributed by atoms with E-state index in [9.17, 15) is 15.3 Å². The van der Waals surface area contributed by atoms with Crippen molar-refractivity contribution in [2.45, 2.75) is 31.0 Å². The molecule has 1 aliphatic rings. The molecule has 11 nitrogen and oxygen atoms in total. The van der Waals surface area contributed by atoms with Crippen molar-refractivity contribution in [1.29, 1.82) is 0 Å². The van der Waals surface area contributed by atoms with Crippen molar-refractivity contribution in [1.82, 2.24) is 29.5 Å². The van der Waals surface area contributed by atoms with E-state index in [0.717, 1.165) is 0 Å². The van der Waals surface area contributed by atoms with Crippen LogP contribution in [0.4, 0.5) is 5.82 Å². The Kier molecular flexibility index (Phi) is 3.70. The lowest BCUT2D eigenvalue weighted by Crippen LogP contribution is -2.44. The minimum Gasteiger partial charge on any atom is -0.394 e. The van der Waals surface area contributed by atoms with Crippen molar-refractivity contribution in [3.05, 3.63) is 18.7 Å². The molecule has 4 heterocycles. The van der Waals surface area contributed by atoms with Crippen LogP contribution >= 0.6 is 0 Å². The molecule has 3 aromatic heterocycles. The van der Waals surface area contributed by atoms with Gasteiger partial charge in [-0.3, -0.25) is 4.68 Å². The highest BCUT2D eigenvalue weighted by molar-refractivity contribution is 5.99. The van der Waals surface area contributed by atoms with Crippen molar-refractivity contribution >= 4 is 16.9 Å². The van der Waals surface area contributed by atoms with Crippen LogP contribution in [-0.4, -0.2) is 69.3 Å². The molecular weight excluding hydrogens is 342 g/mol. The third kappa shape index (κ3) is 2.29. The summed E-state index contributed by atoms with van der Waals surface area (Å²) in [7, 11) is 1.74. The Labute approximate surface area is 147 Å². The van der Waals surface area contributed by atoms with Crippen LogP contribution in [0.25, 0.3) is 22.3 Å². The molecule has 5 N–H and O–H groups in total. The molecule has 1 saturated heterocycles. The van der Waals surface area contributed by atoms with Gasteiger partial charge in [0.15, 0.2) is 6.23 Å². The number of fused-ring (bicyclic) bond motifs is 1. The largest absolute Gasteiger partial charge is 0.394 e. The minimum absolute atomic E-state index is 0.242. The molecule has 0 saturated carbocycles. The number of nitrogens with zero attached hydrogens (tertiary/aromatic N) is 6. The first-order valence-corrected chi connectivity index (χ1v) is 7.99. The lowest BCUT2D eigenvalue weighted by atomic mass is 9.96. The average molecular weight is 361 g/mol. The van der Waals surface area contributed by atoms with Crippen LogP contribution in [0, 0.1) is 0 Å². The Hall–Kier alpha value is -2.60. The lowest BCUT2D eigenvalue weighted by molar-refractivity contribution is -0.0948. The van der Waals surface area contributed by atoms with Gasteiger partial charge in [0.1, 0.15) is 41.3 Å². The van der Waals surface area contributed by atoms with Gasteiger partial charge in [-0.1, -0.05) is 5.21 Å². The Morgan fingerprint density at radius 2 is 2.12 bits per heavy atom. The summed E-state index contributed by atoms with van der Waals surface area (Å²) in [5.41, 5.74) is 5.98. The first-order chi connectivity index (χ1) is 12.3. The molecule has 4 atom stereocenters. The number of anilines is 1.